The third-order valence-corrected chi connectivity index (χ3v) is 6.00. The van der Waals surface area contributed by atoms with E-state index in [0.717, 1.165) is 16.4 Å². The molecule has 1 heterocycles. The van der Waals surface area contributed by atoms with Gasteiger partial charge in [0.15, 0.2) is 5.69 Å². The summed E-state index contributed by atoms with van der Waals surface area (Å²) in [5.41, 5.74) is 1.74. The number of aromatic nitrogens is 1. The Morgan fingerprint density at radius 2 is 1.82 bits per heavy atom. The lowest BCUT2D eigenvalue weighted by Gasteiger charge is -2.07. The van der Waals surface area contributed by atoms with Gasteiger partial charge in [0.1, 0.15) is 0 Å². The Kier molecular flexibility index (Phi) is 8.74. The molecule has 0 fully saturated rings. The molecular formula is C24H25IN4O5. The van der Waals surface area contributed by atoms with Gasteiger partial charge in [-0.15, -0.1) is 10.2 Å². The van der Waals surface area contributed by atoms with Crippen LogP contribution in [0.1, 0.15) is 49.4 Å². The van der Waals surface area contributed by atoms with Crippen LogP contribution in [0.3, 0.4) is 0 Å². The van der Waals surface area contributed by atoms with E-state index in [-0.39, 0.29) is 23.4 Å². The number of nitrogens with one attached hydrogen (secondary N) is 2. The maximum atomic E-state index is 12.4. The molecule has 3 aromatic rings. The van der Waals surface area contributed by atoms with E-state index in [1.165, 1.54) is 0 Å². The number of hydrogen-bond donors (Lipinski definition) is 4. The Morgan fingerprint density at radius 3 is 2.53 bits per heavy atom. The molecule has 178 valence electrons. The summed E-state index contributed by atoms with van der Waals surface area (Å²) in [4.78, 5) is 38.1. The first-order chi connectivity index (χ1) is 16.2. The van der Waals surface area contributed by atoms with Gasteiger partial charge in [0.25, 0.3) is 5.91 Å². The largest absolute Gasteiger partial charge is 0.493 e. The summed E-state index contributed by atoms with van der Waals surface area (Å²) < 4.78 is 0.956. The highest BCUT2D eigenvalue weighted by Crippen LogP contribution is 2.36. The Bertz CT molecular complexity index is 1220. The molecule has 0 aliphatic carbocycles. The number of nitrogens with zero attached hydrogens (tertiary/aromatic N) is 2. The van der Waals surface area contributed by atoms with Gasteiger partial charge in [-0.1, -0.05) is 19.8 Å². The van der Waals surface area contributed by atoms with Crippen LogP contribution in [0, 0.1) is 9.49 Å². The summed E-state index contributed by atoms with van der Waals surface area (Å²) in [6.45, 7) is 1.68. The number of hydrogen-bond acceptors (Lipinski definition) is 5. The second kappa shape index (κ2) is 11.7. The summed E-state index contributed by atoms with van der Waals surface area (Å²) in [7, 11) is 0. The lowest BCUT2D eigenvalue weighted by Crippen LogP contribution is -2.11. The highest BCUT2D eigenvalue weighted by atomic mass is 127. The van der Waals surface area contributed by atoms with Crippen molar-refractivity contribution >= 4 is 62.7 Å². The topological polar surface area (TPSA) is 144 Å². The molecule has 0 saturated carbocycles. The van der Waals surface area contributed by atoms with Crippen molar-refractivity contribution in [3.63, 3.8) is 0 Å². The van der Waals surface area contributed by atoms with E-state index in [9.17, 15) is 19.5 Å². The van der Waals surface area contributed by atoms with Crippen molar-refractivity contribution < 1.29 is 24.6 Å². The number of aromatic amines is 1. The molecule has 0 bridgehead atoms. The summed E-state index contributed by atoms with van der Waals surface area (Å²) in [5, 5.41) is 30.1. The van der Waals surface area contributed by atoms with E-state index in [1.54, 1.807) is 31.2 Å². The fourth-order valence-electron chi connectivity index (χ4n) is 3.35. The van der Waals surface area contributed by atoms with Crippen LogP contribution in [0.4, 0.5) is 11.4 Å². The molecule has 2 aromatic carbocycles. The Morgan fingerprint density at radius 1 is 1.09 bits per heavy atom. The van der Waals surface area contributed by atoms with Gasteiger partial charge in [-0.25, -0.2) is 0 Å². The average molecular weight is 576 g/mol. The Hall–Kier alpha value is -3.28. The molecule has 3 rings (SSSR count). The number of unbranched alkanes of at least 4 members (excludes halogenated alkanes) is 2. The van der Waals surface area contributed by atoms with Gasteiger partial charge < -0.3 is 20.5 Å². The van der Waals surface area contributed by atoms with Crippen molar-refractivity contribution in [3.05, 3.63) is 51.6 Å². The third-order valence-electron chi connectivity index (χ3n) is 5.33. The van der Waals surface area contributed by atoms with Crippen molar-refractivity contribution in [3.8, 4) is 5.88 Å². The number of rotatable bonds is 10. The first-order valence-corrected chi connectivity index (χ1v) is 11.9. The predicted octanol–water partition coefficient (Wildman–Crippen LogP) is 6.01. The molecule has 0 saturated heterocycles. The molecule has 34 heavy (non-hydrogen) atoms. The zero-order chi connectivity index (χ0) is 24.7. The van der Waals surface area contributed by atoms with Crippen LogP contribution in [-0.4, -0.2) is 33.0 Å². The number of halogens is 1. The average Bonchev–Trinajstić information content (AvgIpc) is 3.11. The highest BCUT2D eigenvalue weighted by molar-refractivity contribution is 14.1. The number of azo groups is 1. The van der Waals surface area contributed by atoms with Gasteiger partial charge in [0.05, 0.1) is 11.4 Å². The summed E-state index contributed by atoms with van der Waals surface area (Å²) in [6, 6.07) is 11.8. The van der Waals surface area contributed by atoms with E-state index >= 15 is 0 Å². The number of benzene rings is 2. The number of carbonyl (C=O) groups excluding carboxylic acids is 2. The molecule has 2 amide bonds. The molecule has 9 nitrogen and oxygen atoms in total. The number of H-pyrrole nitrogens is 1. The van der Waals surface area contributed by atoms with E-state index in [2.05, 4.69) is 43.1 Å². The summed E-state index contributed by atoms with van der Waals surface area (Å²) in [5.74, 6) is -2.05. The second-order valence-corrected chi connectivity index (χ2v) is 9.23. The van der Waals surface area contributed by atoms with Crippen LogP contribution in [0.5, 0.6) is 5.88 Å². The van der Waals surface area contributed by atoms with Crippen molar-refractivity contribution in [1.29, 1.82) is 0 Å². The number of aliphatic carboxylic acids is 1. The van der Waals surface area contributed by atoms with E-state index in [4.69, 9.17) is 5.11 Å². The number of carbonyl (C=O) groups is 3. The molecule has 0 aliphatic rings. The minimum atomic E-state index is -0.799. The highest BCUT2D eigenvalue weighted by Gasteiger charge is 2.13. The maximum absolute atomic E-state index is 12.4. The fraction of sp³-hybridized carbons (Fsp3) is 0.292. The molecule has 1 unspecified atom stereocenters. The van der Waals surface area contributed by atoms with Crippen LogP contribution in [-0.2, 0) is 9.59 Å². The molecular weight excluding hydrogens is 551 g/mol. The SMILES string of the molecule is CC(CCCCCC(=O)Nc1ccc(C(=O)N=Nc2c(O)[nH]c3ccc(I)cc23)cc1)C(=O)O. The maximum Gasteiger partial charge on any atom is 0.306 e. The van der Waals surface area contributed by atoms with Crippen molar-refractivity contribution in [1.82, 2.24) is 4.98 Å². The first kappa shape index (κ1) is 25.3. The number of anilines is 1. The molecule has 1 aromatic heterocycles. The summed E-state index contributed by atoms with van der Waals surface area (Å²) >= 11 is 2.15. The molecule has 0 spiro atoms. The Labute approximate surface area is 209 Å². The second-order valence-electron chi connectivity index (χ2n) is 7.98. The zero-order valence-corrected chi connectivity index (χ0v) is 20.7. The standard InChI is InChI=1S/C24H25IN4O5/c1-14(24(33)34)5-3-2-4-6-20(30)26-17-10-7-15(8-11-17)22(31)29-28-21-18-13-16(25)9-12-19(18)27-23(21)32/h7-14,27,32H,2-6H2,1H3,(H,26,30)(H,33,34). The minimum Gasteiger partial charge on any atom is -0.493 e. The molecule has 0 aliphatic heterocycles. The van der Waals surface area contributed by atoms with Crippen LogP contribution in [0.2, 0.25) is 0 Å². The Balaban J connectivity index is 1.51. The van der Waals surface area contributed by atoms with Gasteiger partial charge >= 0.3 is 5.97 Å². The fourth-order valence-corrected chi connectivity index (χ4v) is 3.84. The molecule has 10 heteroatoms. The first-order valence-electron chi connectivity index (χ1n) is 10.8. The minimum absolute atomic E-state index is 0.144. The lowest BCUT2D eigenvalue weighted by molar-refractivity contribution is -0.141. The van der Waals surface area contributed by atoms with E-state index < -0.39 is 11.9 Å². The zero-order valence-electron chi connectivity index (χ0n) is 18.5. The third kappa shape index (κ3) is 6.86. The van der Waals surface area contributed by atoms with Crippen LogP contribution >= 0.6 is 22.6 Å². The molecule has 4 N–H and O–H groups in total. The van der Waals surface area contributed by atoms with Crippen LogP contribution in [0.25, 0.3) is 10.9 Å². The number of carboxylic acids is 1. The normalized spacial score (nSPS) is 12.2. The number of aromatic hydroxyl groups is 1. The van der Waals surface area contributed by atoms with Gasteiger partial charge in [0, 0.05) is 26.6 Å². The predicted molar refractivity (Wildman–Crippen MR) is 136 cm³/mol. The van der Waals surface area contributed by atoms with Gasteiger partial charge in [-0.2, -0.15) is 0 Å². The van der Waals surface area contributed by atoms with Gasteiger partial charge in [-0.3, -0.25) is 14.4 Å². The lowest BCUT2D eigenvalue weighted by atomic mass is 10.0. The van der Waals surface area contributed by atoms with E-state index in [0.29, 0.717) is 41.4 Å². The molecule has 1 atom stereocenters. The number of fused-ring (bicyclic) bond motifs is 1. The van der Waals surface area contributed by atoms with Crippen LogP contribution < -0.4 is 5.32 Å². The summed E-state index contributed by atoms with van der Waals surface area (Å²) in [6.07, 6.45) is 3.16. The number of amides is 2. The van der Waals surface area contributed by atoms with Crippen LogP contribution in [0.15, 0.2) is 52.7 Å². The quantitative estimate of drug-likeness (QED) is 0.133. The van der Waals surface area contributed by atoms with Gasteiger partial charge in [0.2, 0.25) is 11.8 Å². The number of carboxylic acid groups (broad SMARTS) is 1. The van der Waals surface area contributed by atoms with E-state index in [1.807, 2.05) is 18.2 Å². The molecule has 0 radical (unpaired) electrons. The van der Waals surface area contributed by atoms with Crippen molar-refractivity contribution in [2.75, 3.05) is 5.32 Å². The monoisotopic (exact) mass is 576 g/mol. The smallest absolute Gasteiger partial charge is 0.306 e. The van der Waals surface area contributed by atoms with Crippen molar-refractivity contribution in [2.24, 2.45) is 16.1 Å². The van der Waals surface area contributed by atoms with Gasteiger partial charge in [-0.05, 0) is 77.9 Å². The van der Waals surface area contributed by atoms with Crippen molar-refractivity contribution in [2.45, 2.75) is 39.0 Å².